The first kappa shape index (κ1) is 30.2. The molecule has 2 aromatic heterocycles. The van der Waals surface area contributed by atoms with Gasteiger partial charge in [0.2, 0.25) is 11.9 Å². The minimum atomic E-state index is -4.10. The van der Waals surface area contributed by atoms with E-state index in [1.807, 2.05) is 24.3 Å². The number of carbonyl (C=O) groups is 2. The van der Waals surface area contributed by atoms with E-state index in [0.29, 0.717) is 22.2 Å². The lowest BCUT2D eigenvalue weighted by molar-refractivity contribution is -0.132. The fraction of sp³-hybridized carbons (Fsp3) is 0.300. The van der Waals surface area contributed by atoms with E-state index in [9.17, 15) is 18.0 Å². The lowest BCUT2D eigenvalue weighted by atomic mass is 9.91. The summed E-state index contributed by atoms with van der Waals surface area (Å²) in [5.74, 6) is -0.256. The Labute approximate surface area is 265 Å². The number of halogens is 2. The van der Waals surface area contributed by atoms with Crippen molar-refractivity contribution in [1.29, 1.82) is 0 Å². The van der Waals surface area contributed by atoms with Crippen LogP contribution in [-0.4, -0.2) is 75.1 Å². The van der Waals surface area contributed by atoms with Gasteiger partial charge < -0.3 is 4.90 Å². The highest BCUT2D eigenvalue weighted by atomic mass is 35.5. The number of fused-ring (bicyclic) bond motifs is 1. The summed E-state index contributed by atoms with van der Waals surface area (Å²) in [6.45, 7) is 4.34. The zero-order valence-corrected chi connectivity index (χ0v) is 26.3. The van der Waals surface area contributed by atoms with Crippen molar-refractivity contribution in [2.75, 3.05) is 31.1 Å². The molecule has 0 spiro atoms. The molecule has 2 amide bonds. The molecule has 0 bridgehead atoms. The molecule has 0 N–H and O–H groups in total. The van der Waals surface area contributed by atoms with E-state index < -0.39 is 15.6 Å². The number of sulfonamides is 1. The summed E-state index contributed by atoms with van der Waals surface area (Å²) in [6.07, 6.45) is 6.70. The van der Waals surface area contributed by atoms with Gasteiger partial charge in [-0.05, 0) is 36.2 Å². The molecule has 0 unspecified atom stereocenters. The number of piperazine rings is 1. The van der Waals surface area contributed by atoms with Crippen LogP contribution in [0.3, 0.4) is 0 Å². The molecule has 6 rings (SSSR count). The van der Waals surface area contributed by atoms with Crippen LogP contribution in [-0.2, 0) is 31.6 Å². The number of aromatic nitrogens is 4. The second kappa shape index (κ2) is 11.6. The van der Waals surface area contributed by atoms with Gasteiger partial charge in [-0.3, -0.25) is 14.2 Å². The Morgan fingerprint density at radius 1 is 0.932 bits per heavy atom. The molecule has 14 heteroatoms. The van der Waals surface area contributed by atoms with Crippen LogP contribution in [0.25, 0.3) is 11.1 Å². The van der Waals surface area contributed by atoms with Crippen molar-refractivity contribution in [3.8, 4) is 11.1 Å². The van der Waals surface area contributed by atoms with Crippen LogP contribution >= 0.6 is 23.2 Å². The highest BCUT2D eigenvalue weighted by Gasteiger charge is 2.52. The summed E-state index contributed by atoms with van der Waals surface area (Å²) in [5, 5.41) is 0.534. The maximum atomic E-state index is 14.4. The maximum absolute atomic E-state index is 14.4. The quantitative estimate of drug-likeness (QED) is 0.287. The van der Waals surface area contributed by atoms with Gasteiger partial charge in [0.1, 0.15) is 11.9 Å². The molecule has 11 nitrogen and oxygen atoms in total. The van der Waals surface area contributed by atoms with Gasteiger partial charge in [0, 0.05) is 67.0 Å². The molecule has 2 aliphatic heterocycles. The monoisotopic (exact) mass is 653 g/mol. The Kier molecular flexibility index (Phi) is 7.95. The van der Waals surface area contributed by atoms with E-state index in [4.69, 9.17) is 23.2 Å². The van der Waals surface area contributed by atoms with Crippen LogP contribution in [0.5, 0.6) is 0 Å². The van der Waals surface area contributed by atoms with E-state index in [-0.39, 0.29) is 55.4 Å². The van der Waals surface area contributed by atoms with Gasteiger partial charge in [-0.25, -0.2) is 28.3 Å². The summed E-state index contributed by atoms with van der Waals surface area (Å²) in [5.41, 5.74) is 1.55. The van der Waals surface area contributed by atoms with Gasteiger partial charge in [-0.1, -0.05) is 54.4 Å². The lowest BCUT2D eigenvalue weighted by Gasteiger charge is -2.34. The number of imidazole rings is 1. The molecule has 1 atom stereocenters. The molecule has 1 saturated heterocycles. The van der Waals surface area contributed by atoms with Gasteiger partial charge >= 0.3 is 0 Å². The zero-order valence-electron chi connectivity index (χ0n) is 24.0. The maximum Gasteiger partial charge on any atom is 0.260 e. The first-order valence-corrected chi connectivity index (χ1v) is 16.2. The van der Waals surface area contributed by atoms with Gasteiger partial charge in [-0.2, -0.15) is 4.31 Å². The summed E-state index contributed by atoms with van der Waals surface area (Å²) >= 11 is 12.6. The smallest absolute Gasteiger partial charge is 0.260 e. The number of hydrogen-bond acceptors (Lipinski definition) is 7. The number of benzene rings is 2. The third-order valence-corrected chi connectivity index (χ3v) is 10.4. The molecule has 44 heavy (non-hydrogen) atoms. The average Bonchev–Trinajstić information content (AvgIpc) is 3.55. The minimum absolute atomic E-state index is 0.0212. The second-order valence-corrected chi connectivity index (χ2v) is 13.7. The summed E-state index contributed by atoms with van der Waals surface area (Å²) in [6, 6.07) is 12.3. The Balaban J connectivity index is 1.41. The second-order valence-electron chi connectivity index (χ2n) is 10.9. The Morgan fingerprint density at radius 2 is 1.57 bits per heavy atom. The molecular weight excluding hydrogens is 625 g/mol. The standard InChI is InChI=1S/C30H29Cl2N7O4S/c1-3-26(40)36-8-10-37(11-9-36)44(42,43)27-18-35-29-38(25-13-23(31)12-24(32)14-25)28(41)30(2,39(27)29)15-20-4-6-21(7-5-20)22-16-33-19-34-17-22/h4-7,12-14,16-19H,3,8-11,15H2,1-2H3/t30-/m1/s1. The number of carbonyl (C=O) groups excluding carboxylic acids is 2. The Bertz CT molecular complexity index is 1820. The lowest BCUT2D eigenvalue weighted by Crippen LogP contribution is -2.51. The van der Waals surface area contributed by atoms with E-state index in [1.165, 1.54) is 26.3 Å². The molecular formula is C30H29Cl2N7O4S. The van der Waals surface area contributed by atoms with Crippen molar-refractivity contribution in [1.82, 2.24) is 28.7 Å². The van der Waals surface area contributed by atoms with Gasteiger partial charge in [0.15, 0.2) is 5.03 Å². The number of nitrogens with zero attached hydrogens (tertiary/aromatic N) is 7. The largest absolute Gasteiger partial charge is 0.340 e. The number of anilines is 2. The van der Waals surface area contributed by atoms with Crippen molar-refractivity contribution in [2.45, 2.75) is 37.3 Å². The van der Waals surface area contributed by atoms with Crippen molar-refractivity contribution in [3.63, 3.8) is 0 Å². The molecule has 1 fully saturated rings. The van der Waals surface area contributed by atoms with E-state index >= 15 is 0 Å². The third kappa shape index (κ3) is 5.25. The summed E-state index contributed by atoms with van der Waals surface area (Å²) < 4.78 is 31.1. The molecule has 228 valence electrons. The third-order valence-electron chi connectivity index (χ3n) is 8.07. The average molecular weight is 655 g/mol. The number of amides is 2. The molecule has 4 aromatic rings. The van der Waals surface area contributed by atoms with Crippen molar-refractivity contribution in [2.24, 2.45) is 0 Å². The predicted molar refractivity (Wildman–Crippen MR) is 166 cm³/mol. The first-order chi connectivity index (χ1) is 21.0. The van der Waals surface area contributed by atoms with Crippen LogP contribution in [0.4, 0.5) is 11.6 Å². The van der Waals surface area contributed by atoms with Crippen LogP contribution < -0.4 is 4.90 Å². The predicted octanol–water partition coefficient (Wildman–Crippen LogP) is 4.53. The normalized spacial score (nSPS) is 19.0. The van der Waals surface area contributed by atoms with Crippen LogP contribution in [0.1, 0.15) is 25.8 Å². The van der Waals surface area contributed by atoms with Crippen molar-refractivity contribution >= 4 is 56.7 Å². The topological polar surface area (TPSA) is 122 Å². The Morgan fingerprint density at radius 3 is 2.18 bits per heavy atom. The van der Waals surface area contributed by atoms with Gasteiger partial charge in [0.05, 0.1) is 11.9 Å². The van der Waals surface area contributed by atoms with Gasteiger partial charge in [-0.15, -0.1) is 0 Å². The highest BCUT2D eigenvalue weighted by molar-refractivity contribution is 7.89. The molecule has 4 heterocycles. The van der Waals surface area contributed by atoms with Crippen molar-refractivity contribution in [3.05, 3.63) is 83.0 Å². The summed E-state index contributed by atoms with van der Waals surface area (Å²) in [4.78, 5) is 42.2. The molecule has 0 aliphatic carbocycles. The highest BCUT2D eigenvalue weighted by Crippen LogP contribution is 2.45. The number of rotatable bonds is 7. The zero-order chi connectivity index (χ0) is 31.2. The van der Waals surface area contributed by atoms with Gasteiger partial charge in [0.25, 0.3) is 15.9 Å². The minimum Gasteiger partial charge on any atom is -0.340 e. The van der Waals surface area contributed by atoms with Crippen LogP contribution in [0.15, 0.2) is 72.4 Å². The first-order valence-electron chi connectivity index (χ1n) is 14.0. The van der Waals surface area contributed by atoms with E-state index in [0.717, 1.165) is 16.7 Å². The van der Waals surface area contributed by atoms with Crippen molar-refractivity contribution < 1.29 is 18.0 Å². The fourth-order valence-corrected chi connectivity index (χ4v) is 7.93. The van der Waals surface area contributed by atoms with E-state index in [1.54, 1.807) is 49.3 Å². The van der Waals surface area contributed by atoms with Crippen LogP contribution in [0, 0.1) is 0 Å². The fourth-order valence-electron chi connectivity index (χ4n) is 5.81. The molecule has 0 saturated carbocycles. The summed E-state index contributed by atoms with van der Waals surface area (Å²) in [7, 11) is -4.10. The SMILES string of the molecule is CCC(=O)N1CCN(S(=O)(=O)c2cnc3n2[C@](C)(Cc2ccc(-c4cncnc4)cc2)C(=O)N3c2cc(Cl)cc(Cl)c2)CC1. The molecule has 2 aromatic carbocycles. The van der Waals surface area contributed by atoms with E-state index in [2.05, 4.69) is 15.0 Å². The molecule has 2 aliphatic rings. The Hall–Kier alpha value is -3.84. The van der Waals surface area contributed by atoms with Crippen LogP contribution in [0.2, 0.25) is 10.0 Å². The molecule has 0 radical (unpaired) electrons. The number of hydrogen-bond donors (Lipinski definition) is 0.